The van der Waals surface area contributed by atoms with Crippen molar-refractivity contribution in [3.8, 4) is 5.75 Å². The Morgan fingerprint density at radius 2 is 2.11 bits per heavy atom. The largest absolute Gasteiger partial charge is 0.495 e. The zero-order valence-electron chi connectivity index (χ0n) is 10.6. The fourth-order valence-corrected chi connectivity index (χ4v) is 1.39. The first kappa shape index (κ1) is 14.9. The van der Waals surface area contributed by atoms with Crippen molar-refractivity contribution in [3.63, 3.8) is 0 Å². The van der Waals surface area contributed by atoms with E-state index in [1.807, 2.05) is 0 Å². The maximum atomic E-state index is 11.6. The Morgan fingerprint density at radius 3 is 2.68 bits per heavy atom. The van der Waals surface area contributed by atoms with E-state index in [9.17, 15) is 9.59 Å². The van der Waals surface area contributed by atoms with Gasteiger partial charge in [0.25, 0.3) is 0 Å². The average Bonchev–Trinajstić information content (AvgIpc) is 2.38. The van der Waals surface area contributed by atoms with E-state index in [0.717, 1.165) is 0 Å². The molecule has 0 aliphatic rings. The summed E-state index contributed by atoms with van der Waals surface area (Å²) in [7, 11) is 1.46. The Morgan fingerprint density at radius 1 is 1.37 bits per heavy atom. The van der Waals surface area contributed by atoms with E-state index in [1.54, 1.807) is 6.07 Å². The third kappa shape index (κ3) is 4.57. The molecule has 19 heavy (non-hydrogen) atoms. The highest BCUT2D eigenvalue weighted by Crippen LogP contribution is 2.25. The SMILES string of the molecule is COc1ccc(C(N)=O)cc1NC(=O)COCCN. The third-order valence-electron chi connectivity index (χ3n) is 2.25. The number of ether oxygens (including phenoxy) is 2. The maximum absolute atomic E-state index is 11.6. The number of methoxy groups -OCH3 is 1. The van der Waals surface area contributed by atoms with Crippen molar-refractivity contribution in [1.29, 1.82) is 0 Å². The molecule has 1 aromatic carbocycles. The molecule has 0 spiro atoms. The first-order chi connectivity index (χ1) is 9.08. The van der Waals surface area contributed by atoms with Gasteiger partial charge in [-0.15, -0.1) is 0 Å². The van der Waals surface area contributed by atoms with Gasteiger partial charge in [-0.05, 0) is 18.2 Å². The van der Waals surface area contributed by atoms with Gasteiger partial charge >= 0.3 is 0 Å². The summed E-state index contributed by atoms with van der Waals surface area (Å²) in [5, 5.41) is 2.58. The quantitative estimate of drug-likeness (QED) is 0.587. The van der Waals surface area contributed by atoms with Crippen molar-refractivity contribution in [2.45, 2.75) is 0 Å². The molecular formula is C12H17N3O4. The molecule has 2 amide bonds. The highest BCUT2D eigenvalue weighted by Gasteiger charge is 2.10. The summed E-state index contributed by atoms with van der Waals surface area (Å²) in [6, 6.07) is 4.51. The van der Waals surface area contributed by atoms with E-state index in [0.29, 0.717) is 24.6 Å². The minimum atomic E-state index is -0.586. The average molecular weight is 267 g/mol. The number of benzene rings is 1. The zero-order valence-corrected chi connectivity index (χ0v) is 10.6. The Hall–Kier alpha value is -2.12. The van der Waals surface area contributed by atoms with E-state index in [-0.39, 0.29) is 18.1 Å². The summed E-state index contributed by atoms with van der Waals surface area (Å²) in [5.41, 5.74) is 11.0. The van der Waals surface area contributed by atoms with Crippen molar-refractivity contribution in [3.05, 3.63) is 23.8 Å². The van der Waals surface area contributed by atoms with Crippen LogP contribution in [0.1, 0.15) is 10.4 Å². The number of amides is 2. The molecule has 0 fully saturated rings. The summed E-state index contributed by atoms with van der Waals surface area (Å²) < 4.78 is 10.1. The van der Waals surface area contributed by atoms with Crippen LogP contribution in [0.3, 0.4) is 0 Å². The van der Waals surface area contributed by atoms with Crippen molar-refractivity contribution in [1.82, 2.24) is 0 Å². The second kappa shape index (κ2) is 7.34. The molecule has 1 rings (SSSR count). The van der Waals surface area contributed by atoms with E-state index in [1.165, 1.54) is 19.2 Å². The minimum Gasteiger partial charge on any atom is -0.495 e. The van der Waals surface area contributed by atoms with Crippen LogP contribution in [-0.4, -0.2) is 38.7 Å². The second-order valence-electron chi connectivity index (χ2n) is 3.67. The molecule has 5 N–H and O–H groups in total. The summed E-state index contributed by atoms with van der Waals surface area (Å²) in [4.78, 5) is 22.7. The monoisotopic (exact) mass is 267 g/mol. The van der Waals surface area contributed by atoms with E-state index >= 15 is 0 Å². The minimum absolute atomic E-state index is 0.124. The number of hydrogen-bond donors (Lipinski definition) is 3. The number of carbonyl (C=O) groups excluding carboxylic acids is 2. The van der Waals surface area contributed by atoms with Gasteiger partial charge in [-0.3, -0.25) is 9.59 Å². The summed E-state index contributed by atoms with van der Waals surface area (Å²) >= 11 is 0. The molecule has 0 saturated heterocycles. The van der Waals surface area contributed by atoms with Crippen molar-refractivity contribution < 1.29 is 19.1 Å². The van der Waals surface area contributed by atoms with Crippen LogP contribution in [-0.2, 0) is 9.53 Å². The molecule has 0 saturated carbocycles. The molecule has 0 aliphatic heterocycles. The standard InChI is InChI=1S/C12H17N3O4/c1-18-10-3-2-8(12(14)17)6-9(10)15-11(16)7-19-5-4-13/h2-3,6H,4-5,7,13H2,1H3,(H2,14,17)(H,15,16). The summed E-state index contributed by atoms with van der Waals surface area (Å²) in [5.74, 6) is -0.525. The fraction of sp³-hybridized carbons (Fsp3) is 0.333. The topological polar surface area (TPSA) is 117 Å². The lowest BCUT2D eigenvalue weighted by atomic mass is 10.1. The molecule has 7 nitrogen and oxygen atoms in total. The van der Waals surface area contributed by atoms with Crippen LogP contribution in [0.4, 0.5) is 5.69 Å². The van der Waals surface area contributed by atoms with Crippen LogP contribution in [0.15, 0.2) is 18.2 Å². The first-order valence-corrected chi connectivity index (χ1v) is 5.64. The van der Waals surface area contributed by atoms with E-state index < -0.39 is 5.91 Å². The van der Waals surface area contributed by atoms with Crippen molar-refractivity contribution in [2.75, 3.05) is 32.2 Å². The highest BCUT2D eigenvalue weighted by atomic mass is 16.5. The van der Waals surface area contributed by atoms with E-state index in [2.05, 4.69) is 5.32 Å². The van der Waals surface area contributed by atoms with E-state index in [4.69, 9.17) is 20.9 Å². The summed E-state index contributed by atoms with van der Waals surface area (Å²) in [6.45, 7) is 0.515. The Labute approximate surface area is 110 Å². The van der Waals surface area contributed by atoms with Crippen LogP contribution in [0.2, 0.25) is 0 Å². The lowest BCUT2D eigenvalue weighted by Gasteiger charge is -2.11. The molecule has 0 aliphatic carbocycles. The number of nitrogens with one attached hydrogen (secondary N) is 1. The molecule has 0 atom stereocenters. The highest BCUT2D eigenvalue weighted by molar-refractivity contribution is 5.97. The van der Waals surface area contributed by atoms with Crippen LogP contribution in [0, 0.1) is 0 Å². The predicted octanol–water partition coefficient (Wildman–Crippen LogP) is -0.292. The van der Waals surface area contributed by atoms with Gasteiger partial charge in [-0.1, -0.05) is 0 Å². The van der Waals surface area contributed by atoms with Gasteiger partial charge in [-0.25, -0.2) is 0 Å². The fourth-order valence-electron chi connectivity index (χ4n) is 1.39. The zero-order chi connectivity index (χ0) is 14.3. The molecule has 7 heteroatoms. The van der Waals surface area contributed by atoms with Gasteiger partial charge in [-0.2, -0.15) is 0 Å². The number of anilines is 1. The second-order valence-corrected chi connectivity index (χ2v) is 3.67. The van der Waals surface area contributed by atoms with Gasteiger partial charge < -0.3 is 26.3 Å². The Bertz CT molecular complexity index is 462. The molecule has 0 unspecified atom stereocenters. The lowest BCUT2D eigenvalue weighted by Crippen LogP contribution is -2.21. The normalized spacial score (nSPS) is 10.0. The van der Waals surface area contributed by atoms with Gasteiger partial charge in [0.2, 0.25) is 11.8 Å². The van der Waals surface area contributed by atoms with Gasteiger partial charge in [0, 0.05) is 12.1 Å². The smallest absolute Gasteiger partial charge is 0.250 e. The van der Waals surface area contributed by atoms with Gasteiger partial charge in [0.1, 0.15) is 12.4 Å². The predicted molar refractivity (Wildman–Crippen MR) is 70.0 cm³/mol. The Balaban J connectivity index is 2.77. The van der Waals surface area contributed by atoms with Gasteiger partial charge in [0.15, 0.2) is 0 Å². The molecule has 0 radical (unpaired) electrons. The van der Waals surface area contributed by atoms with Crippen LogP contribution >= 0.6 is 0 Å². The van der Waals surface area contributed by atoms with Gasteiger partial charge in [0.05, 0.1) is 19.4 Å². The number of hydrogen-bond acceptors (Lipinski definition) is 5. The van der Waals surface area contributed by atoms with Crippen LogP contribution in [0.5, 0.6) is 5.75 Å². The third-order valence-corrected chi connectivity index (χ3v) is 2.25. The summed E-state index contributed by atoms with van der Waals surface area (Å²) in [6.07, 6.45) is 0. The molecule has 0 bridgehead atoms. The number of rotatable bonds is 7. The number of nitrogens with two attached hydrogens (primary N) is 2. The lowest BCUT2D eigenvalue weighted by molar-refractivity contribution is -0.120. The molecular weight excluding hydrogens is 250 g/mol. The first-order valence-electron chi connectivity index (χ1n) is 5.64. The van der Waals surface area contributed by atoms with Crippen LogP contribution in [0.25, 0.3) is 0 Å². The molecule has 0 aromatic heterocycles. The molecule has 1 aromatic rings. The Kier molecular flexibility index (Phi) is 5.77. The molecule has 104 valence electrons. The van der Waals surface area contributed by atoms with Crippen molar-refractivity contribution in [2.24, 2.45) is 11.5 Å². The molecule has 0 heterocycles. The number of carbonyl (C=O) groups is 2. The van der Waals surface area contributed by atoms with Crippen molar-refractivity contribution >= 4 is 17.5 Å². The van der Waals surface area contributed by atoms with Crippen LogP contribution < -0.4 is 21.5 Å². The maximum Gasteiger partial charge on any atom is 0.250 e. The number of primary amides is 1.